The molecule has 1 unspecified atom stereocenters. The Bertz CT molecular complexity index is 1220. The predicted molar refractivity (Wildman–Crippen MR) is 190 cm³/mol. The molecule has 3 aromatic carbocycles. The smallest absolute Gasteiger partial charge is 0.389 e. The van der Waals surface area contributed by atoms with E-state index in [1.807, 2.05) is 60.3 Å². The van der Waals surface area contributed by atoms with E-state index >= 15 is 0 Å². The minimum Gasteiger partial charge on any atom is -0.436 e. The summed E-state index contributed by atoms with van der Waals surface area (Å²) in [6, 6.07) is 32.3. The second-order valence-electron chi connectivity index (χ2n) is 12.6. The van der Waals surface area contributed by atoms with Gasteiger partial charge >= 0.3 is 25.7 Å². The molecule has 0 aliphatic carbocycles. The molecule has 0 amide bonds. The van der Waals surface area contributed by atoms with E-state index in [4.69, 9.17) is 16.5 Å². The minimum atomic E-state index is -3.54. The van der Waals surface area contributed by atoms with Crippen molar-refractivity contribution in [2.45, 2.75) is 64.2 Å². The molecule has 11 heteroatoms. The normalized spacial score (nSPS) is 14.3. The summed E-state index contributed by atoms with van der Waals surface area (Å²) in [4.78, 5) is 0. The van der Waals surface area contributed by atoms with Gasteiger partial charge in [0, 0.05) is 13.2 Å². The molecule has 234 valence electrons. The standard InChI is InChI=1S/C32H50O6Si5/c1-8-42(30-20-12-9-13-21-30,36-40(4,5)29-19-27-34)38-43(31-22-14-10-15-23-31,32-24-16-11-17-25-32)37-41(6,7)35-39(2,3)28-18-26-33/h8-17,20-25,33-34H,1,18-19,26-29H2,2-7H3. The van der Waals surface area contributed by atoms with E-state index in [1.54, 1.807) is 0 Å². The van der Waals surface area contributed by atoms with Gasteiger partial charge in [0.1, 0.15) is 0 Å². The Labute approximate surface area is 264 Å². The second kappa shape index (κ2) is 15.5. The number of aliphatic hydroxyl groups is 2. The molecule has 0 radical (unpaired) electrons. The van der Waals surface area contributed by atoms with Gasteiger partial charge in [-0.2, -0.15) is 0 Å². The first kappa shape index (κ1) is 35.7. The van der Waals surface area contributed by atoms with Crippen molar-refractivity contribution in [2.75, 3.05) is 13.2 Å². The van der Waals surface area contributed by atoms with Crippen molar-refractivity contribution in [1.29, 1.82) is 0 Å². The van der Waals surface area contributed by atoms with Crippen molar-refractivity contribution in [3.63, 3.8) is 0 Å². The molecule has 3 rings (SSSR count). The molecule has 0 fully saturated rings. The van der Waals surface area contributed by atoms with Crippen molar-refractivity contribution < 1.29 is 26.7 Å². The molecule has 0 aromatic heterocycles. The van der Waals surface area contributed by atoms with Crippen LogP contribution >= 0.6 is 0 Å². The van der Waals surface area contributed by atoms with Crippen LogP contribution in [0.15, 0.2) is 103 Å². The fourth-order valence-electron chi connectivity index (χ4n) is 5.52. The fraction of sp³-hybridized carbons (Fsp3) is 0.375. The largest absolute Gasteiger partial charge is 0.436 e. The van der Waals surface area contributed by atoms with Crippen molar-refractivity contribution in [3.05, 3.63) is 103 Å². The van der Waals surface area contributed by atoms with Gasteiger partial charge in [-0.05, 0) is 85.5 Å². The van der Waals surface area contributed by atoms with Crippen LogP contribution in [-0.2, 0) is 16.5 Å². The van der Waals surface area contributed by atoms with Gasteiger partial charge in [0.15, 0.2) is 16.6 Å². The molecule has 0 spiro atoms. The lowest BCUT2D eigenvalue weighted by molar-refractivity contribution is 0.287. The lowest BCUT2D eigenvalue weighted by Gasteiger charge is -2.46. The van der Waals surface area contributed by atoms with Crippen molar-refractivity contribution in [2.24, 2.45) is 0 Å². The number of benzene rings is 3. The second-order valence-corrected chi connectivity index (χ2v) is 31.4. The summed E-state index contributed by atoms with van der Waals surface area (Å²) in [6.07, 6.45) is 1.38. The Balaban J connectivity index is 2.28. The number of hydrogen-bond donors (Lipinski definition) is 2. The van der Waals surface area contributed by atoms with Crippen LogP contribution in [-0.4, -0.2) is 65.7 Å². The van der Waals surface area contributed by atoms with E-state index < -0.39 is 42.3 Å². The van der Waals surface area contributed by atoms with E-state index in [2.05, 4.69) is 82.3 Å². The van der Waals surface area contributed by atoms with Gasteiger partial charge in [-0.3, -0.25) is 0 Å². The first-order chi connectivity index (χ1) is 20.3. The molecule has 6 nitrogen and oxygen atoms in total. The maximum atomic E-state index is 9.65. The van der Waals surface area contributed by atoms with E-state index in [1.165, 1.54) is 0 Å². The Hall–Kier alpha value is -1.76. The van der Waals surface area contributed by atoms with Crippen LogP contribution in [0.2, 0.25) is 51.4 Å². The molecule has 0 saturated carbocycles. The molecule has 43 heavy (non-hydrogen) atoms. The monoisotopic (exact) mass is 670 g/mol. The summed E-state index contributed by atoms with van der Waals surface area (Å²) in [5.74, 6) is 0. The maximum Gasteiger partial charge on any atom is 0.389 e. The Morgan fingerprint density at radius 2 is 0.953 bits per heavy atom. The average Bonchev–Trinajstić information content (AvgIpc) is 2.99. The van der Waals surface area contributed by atoms with E-state index in [-0.39, 0.29) is 13.2 Å². The SMILES string of the molecule is C=C[Si](O[Si](C)(C)CCCO)(O[Si](O[Si](C)(C)O[Si](C)(C)CCCO)(c1ccccc1)c1ccccc1)c1ccccc1. The summed E-state index contributed by atoms with van der Waals surface area (Å²) in [5, 5.41) is 22.1. The van der Waals surface area contributed by atoms with Crippen molar-refractivity contribution in [3.8, 4) is 0 Å². The summed E-state index contributed by atoms with van der Waals surface area (Å²) < 4.78 is 29.4. The van der Waals surface area contributed by atoms with Crippen molar-refractivity contribution >= 4 is 57.9 Å². The van der Waals surface area contributed by atoms with Gasteiger partial charge in [-0.1, -0.05) is 91.0 Å². The fourth-order valence-corrected chi connectivity index (χ4v) is 29.0. The van der Waals surface area contributed by atoms with Crippen LogP contribution < -0.4 is 15.6 Å². The number of hydrogen-bond acceptors (Lipinski definition) is 6. The van der Waals surface area contributed by atoms with Crippen LogP contribution in [0.1, 0.15) is 12.8 Å². The molecule has 2 N–H and O–H groups in total. The third-order valence-electron chi connectivity index (χ3n) is 7.26. The molecule has 0 heterocycles. The minimum absolute atomic E-state index is 0.123. The highest BCUT2D eigenvalue weighted by Crippen LogP contribution is 2.29. The van der Waals surface area contributed by atoms with Gasteiger partial charge in [0.25, 0.3) is 0 Å². The van der Waals surface area contributed by atoms with E-state index in [9.17, 15) is 10.2 Å². The first-order valence-electron chi connectivity index (χ1n) is 15.2. The van der Waals surface area contributed by atoms with Gasteiger partial charge < -0.3 is 26.7 Å². The Morgan fingerprint density at radius 3 is 1.35 bits per heavy atom. The number of aliphatic hydroxyl groups excluding tert-OH is 2. The highest BCUT2D eigenvalue weighted by Gasteiger charge is 2.56. The van der Waals surface area contributed by atoms with Gasteiger partial charge in [-0.25, -0.2) is 0 Å². The van der Waals surface area contributed by atoms with Crippen molar-refractivity contribution in [1.82, 2.24) is 0 Å². The summed E-state index contributed by atoms with van der Waals surface area (Å²) in [7, 11) is -14.3. The lowest BCUT2D eigenvalue weighted by Crippen LogP contribution is -2.75. The third-order valence-corrected chi connectivity index (χ3v) is 27.3. The van der Waals surface area contributed by atoms with Gasteiger partial charge in [0.05, 0.1) is 0 Å². The summed E-state index contributed by atoms with van der Waals surface area (Å²) in [6.45, 7) is 17.6. The summed E-state index contributed by atoms with van der Waals surface area (Å²) >= 11 is 0. The van der Waals surface area contributed by atoms with Gasteiger partial charge in [-0.15, -0.1) is 6.58 Å². The maximum absolute atomic E-state index is 9.65. The molecule has 3 aromatic rings. The predicted octanol–water partition coefficient (Wildman–Crippen LogP) is 5.26. The lowest BCUT2D eigenvalue weighted by atomic mass is 10.4. The zero-order valence-electron chi connectivity index (χ0n) is 26.7. The van der Waals surface area contributed by atoms with E-state index in [0.717, 1.165) is 27.6 Å². The zero-order chi connectivity index (χ0) is 31.6. The molecule has 0 aliphatic rings. The summed E-state index contributed by atoms with van der Waals surface area (Å²) in [5.41, 5.74) is 1.91. The van der Waals surface area contributed by atoms with E-state index in [0.29, 0.717) is 12.8 Å². The van der Waals surface area contributed by atoms with Crippen LogP contribution in [0.4, 0.5) is 0 Å². The first-order valence-corrected chi connectivity index (χ1v) is 27.9. The zero-order valence-corrected chi connectivity index (χ0v) is 31.7. The van der Waals surface area contributed by atoms with Crippen LogP contribution in [0, 0.1) is 0 Å². The topological polar surface area (TPSA) is 77.4 Å². The van der Waals surface area contributed by atoms with Crippen LogP contribution in [0.25, 0.3) is 0 Å². The number of rotatable bonds is 18. The van der Waals surface area contributed by atoms with Crippen LogP contribution in [0.5, 0.6) is 0 Å². The molecule has 0 saturated heterocycles. The highest BCUT2D eigenvalue weighted by atomic mass is 28.5. The van der Waals surface area contributed by atoms with Gasteiger partial charge in [0.2, 0.25) is 0 Å². The average molecular weight is 671 g/mol. The highest BCUT2D eigenvalue weighted by molar-refractivity contribution is 7.06. The molecule has 0 aliphatic heterocycles. The third kappa shape index (κ3) is 9.87. The Morgan fingerprint density at radius 1 is 0.558 bits per heavy atom. The molecular weight excluding hydrogens is 621 g/mol. The van der Waals surface area contributed by atoms with Crippen LogP contribution in [0.3, 0.4) is 0 Å². The Kier molecular flexibility index (Phi) is 12.9. The molecule has 1 atom stereocenters. The molecule has 0 bridgehead atoms. The quantitative estimate of drug-likeness (QED) is 0.180. The molecular formula is C32H50O6Si5.